The number of amides is 1. The minimum Gasteiger partial charge on any atom is -0.481 e. The molecule has 6 nitrogen and oxygen atoms in total. The van der Waals surface area contributed by atoms with Crippen LogP contribution in [0.1, 0.15) is 21.5 Å². The van der Waals surface area contributed by atoms with Crippen LogP contribution < -0.4 is 20.7 Å². The van der Waals surface area contributed by atoms with Crippen molar-refractivity contribution in [3.8, 4) is 18.1 Å². The summed E-state index contributed by atoms with van der Waals surface area (Å²) in [6.07, 6.45) is 6.85. The van der Waals surface area contributed by atoms with Gasteiger partial charge in [-0.25, -0.2) is 0 Å². The predicted octanol–water partition coefficient (Wildman–Crippen LogP) is 2.01. The number of aliphatic imine (C=N–C) groups is 1. The summed E-state index contributed by atoms with van der Waals surface area (Å²) in [5.41, 5.74) is 2.97. The molecule has 2 aromatic carbocycles. The summed E-state index contributed by atoms with van der Waals surface area (Å²) in [4.78, 5) is 16.0. The number of carbonyl (C=O) groups excluding carboxylic acids is 1. The third kappa shape index (κ3) is 7.59. The van der Waals surface area contributed by atoms with Crippen LogP contribution in [0.4, 0.5) is 0 Å². The summed E-state index contributed by atoms with van der Waals surface area (Å²) >= 11 is 0. The van der Waals surface area contributed by atoms with E-state index in [0.717, 1.165) is 43.2 Å². The fourth-order valence-corrected chi connectivity index (χ4v) is 2.76. The van der Waals surface area contributed by atoms with Gasteiger partial charge >= 0.3 is 0 Å². The van der Waals surface area contributed by atoms with E-state index >= 15 is 0 Å². The third-order valence-corrected chi connectivity index (χ3v) is 4.30. The number of benzene rings is 2. The highest BCUT2D eigenvalue weighted by Gasteiger charge is 2.04. The Balaban J connectivity index is 1.73. The maximum Gasteiger partial charge on any atom is 0.251 e. The molecule has 0 aliphatic heterocycles. The lowest BCUT2D eigenvalue weighted by Gasteiger charge is -2.12. The van der Waals surface area contributed by atoms with Crippen molar-refractivity contribution in [2.45, 2.75) is 12.8 Å². The number of rotatable bonds is 9. The molecule has 0 atom stereocenters. The molecule has 3 N–H and O–H groups in total. The zero-order valence-corrected chi connectivity index (χ0v) is 17.0. The number of hydrogen-bond acceptors (Lipinski definition) is 3. The van der Waals surface area contributed by atoms with E-state index in [1.807, 2.05) is 48.5 Å². The van der Waals surface area contributed by atoms with E-state index in [1.54, 1.807) is 14.1 Å². The lowest BCUT2D eigenvalue weighted by Crippen LogP contribution is -2.39. The summed E-state index contributed by atoms with van der Waals surface area (Å²) in [5.74, 6) is 3.90. The molecule has 2 aromatic rings. The first-order valence-electron chi connectivity index (χ1n) is 9.57. The zero-order valence-electron chi connectivity index (χ0n) is 17.0. The second-order valence-corrected chi connectivity index (χ2v) is 6.34. The fraction of sp³-hybridized carbons (Fsp3) is 0.304. The van der Waals surface area contributed by atoms with Crippen molar-refractivity contribution < 1.29 is 9.53 Å². The average molecular weight is 393 g/mol. The Morgan fingerprint density at radius 3 is 2.38 bits per heavy atom. The Morgan fingerprint density at radius 2 is 1.76 bits per heavy atom. The molecule has 0 fully saturated rings. The summed E-state index contributed by atoms with van der Waals surface area (Å²) in [7, 11) is 3.38. The first kappa shape index (κ1) is 21.8. The van der Waals surface area contributed by atoms with Crippen LogP contribution in [0.25, 0.3) is 0 Å². The van der Waals surface area contributed by atoms with Gasteiger partial charge in [0.25, 0.3) is 5.91 Å². The molecular weight excluding hydrogens is 364 g/mol. The maximum atomic E-state index is 11.7. The molecule has 0 aliphatic carbocycles. The Kier molecular flexibility index (Phi) is 9.10. The summed E-state index contributed by atoms with van der Waals surface area (Å²) in [5, 5.41) is 9.25. The highest BCUT2D eigenvalue weighted by Crippen LogP contribution is 2.12. The Bertz CT molecular complexity index is 854. The number of nitrogens with zero attached hydrogens (tertiary/aromatic N) is 1. The van der Waals surface area contributed by atoms with Gasteiger partial charge in [-0.2, -0.15) is 0 Å². The lowest BCUT2D eigenvalue weighted by atomic mass is 10.1. The summed E-state index contributed by atoms with van der Waals surface area (Å²) in [6, 6.07) is 15.5. The number of ether oxygens (including phenoxy) is 1. The molecule has 0 saturated heterocycles. The van der Waals surface area contributed by atoms with Crippen LogP contribution in [0.5, 0.6) is 5.75 Å². The Morgan fingerprint density at radius 1 is 1.07 bits per heavy atom. The molecule has 0 radical (unpaired) electrons. The van der Waals surface area contributed by atoms with Crippen molar-refractivity contribution in [3.05, 3.63) is 65.2 Å². The Hall–Kier alpha value is -3.46. The smallest absolute Gasteiger partial charge is 0.251 e. The van der Waals surface area contributed by atoms with Crippen LogP contribution in [0.15, 0.2) is 53.5 Å². The summed E-state index contributed by atoms with van der Waals surface area (Å²) < 4.78 is 5.37. The van der Waals surface area contributed by atoms with Crippen LogP contribution in [-0.4, -0.2) is 45.7 Å². The predicted molar refractivity (Wildman–Crippen MR) is 117 cm³/mol. The fourth-order valence-electron chi connectivity index (χ4n) is 2.76. The van der Waals surface area contributed by atoms with Gasteiger partial charge in [-0.3, -0.25) is 9.79 Å². The van der Waals surface area contributed by atoms with Gasteiger partial charge in [-0.05, 0) is 48.2 Å². The largest absolute Gasteiger partial charge is 0.481 e. The molecule has 0 bridgehead atoms. The first-order valence-corrected chi connectivity index (χ1v) is 9.57. The highest BCUT2D eigenvalue weighted by atomic mass is 16.5. The first-order chi connectivity index (χ1) is 14.2. The molecule has 0 saturated carbocycles. The highest BCUT2D eigenvalue weighted by molar-refractivity contribution is 5.94. The molecular formula is C23H28N4O2. The monoisotopic (exact) mass is 392 g/mol. The molecule has 2 rings (SSSR count). The van der Waals surface area contributed by atoms with Gasteiger partial charge in [-0.1, -0.05) is 30.2 Å². The van der Waals surface area contributed by atoms with Gasteiger partial charge in [0.05, 0.1) is 0 Å². The van der Waals surface area contributed by atoms with E-state index < -0.39 is 0 Å². The van der Waals surface area contributed by atoms with Gasteiger partial charge in [0.15, 0.2) is 5.96 Å². The lowest BCUT2D eigenvalue weighted by molar-refractivity contribution is 0.0963. The molecule has 0 aliphatic rings. The van der Waals surface area contributed by atoms with E-state index in [0.29, 0.717) is 5.56 Å². The maximum absolute atomic E-state index is 11.7. The molecule has 29 heavy (non-hydrogen) atoms. The average Bonchev–Trinajstić information content (AvgIpc) is 2.77. The molecule has 0 spiro atoms. The molecule has 0 heterocycles. The van der Waals surface area contributed by atoms with Crippen molar-refractivity contribution in [2.24, 2.45) is 4.99 Å². The molecule has 0 unspecified atom stereocenters. The van der Waals surface area contributed by atoms with E-state index in [2.05, 4.69) is 26.9 Å². The topological polar surface area (TPSA) is 74.8 Å². The van der Waals surface area contributed by atoms with Crippen LogP contribution in [0.2, 0.25) is 0 Å². The number of terminal acetylenes is 1. The minimum atomic E-state index is -0.0760. The number of guanidine groups is 1. The molecule has 0 aromatic heterocycles. The quantitative estimate of drug-likeness (QED) is 0.347. The van der Waals surface area contributed by atoms with Gasteiger partial charge in [0.1, 0.15) is 12.4 Å². The molecule has 152 valence electrons. The van der Waals surface area contributed by atoms with E-state index in [9.17, 15) is 4.79 Å². The number of carbonyl (C=O) groups is 1. The normalized spacial score (nSPS) is 10.7. The van der Waals surface area contributed by atoms with Crippen LogP contribution in [-0.2, 0) is 12.8 Å². The zero-order chi connectivity index (χ0) is 20.9. The standard InChI is InChI=1S/C23H28N4O2/c1-4-16-29-21-10-8-18(9-11-21)12-14-26-23(25-3)27-15-13-19-6-5-7-20(17-19)22(28)24-2/h1,5-11,17H,12-16H2,2-3H3,(H,24,28)(H2,25,26,27). The van der Waals surface area contributed by atoms with Crippen LogP contribution in [0, 0.1) is 12.3 Å². The van der Waals surface area contributed by atoms with Crippen molar-refractivity contribution in [3.63, 3.8) is 0 Å². The van der Waals surface area contributed by atoms with Crippen molar-refractivity contribution in [1.82, 2.24) is 16.0 Å². The SMILES string of the molecule is C#CCOc1ccc(CCNC(=NC)NCCc2cccc(C(=O)NC)c2)cc1. The van der Waals surface area contributed by atoms with E-state index in [4.69, 9.17) is 11.2 Å². The molecule has 1 amide bonds. The van der Waals surface area contributed by atoms with Crippen molar-refractivity contribution in [2.75, 3.05) is 33.8 Å². The number of hydrogen-bond donors (Lipinski definition) is 3. The van der Waals surface area contributed by atoms with Crippen LogP contribution in [0.3, 0.4) is 0 Å². The molecule has 6 heteroatoms. The second-order valence-electron chi connectivity index (χ2n) is 6.34. The van der Waals surface area contributed by atoms with Gasteiger partial charge in [0, 0.05) is 32.7 Å². The summed E-state index contributed by atoms with van der Waals surface area (Å²) in [6.45, 7) is 1.76. The number of nitrogens with one attached hydrogen (secondary N) is 3. The van der Waals surface area contributed by atoms with Gasteiger partial charge in [-0.15, -0.1) is 6.42 Å². The second kappa shape index (κ2) is 12.1. The van der Waals surface area contributed by atoms with Gasteiger partial charge in [0.2, 0.25) is 0 Å². The minimum absolute atomic E-state index is 0.0760. The third-order valence-electron chi connectivity index (χ3n) is 4.30. The van der Waals surface area contributed by atoms with Crippen LogP contribution >= 0.6 is 0 Å². The van der Waals surface area contributed by atoms with E-state index in [-0.39, 0.29) is 12.5 Å². The van der Waals surface area contributed by atoms with Gasteiger partial charge < -0.3 is 20.7 Å². The Labute approximate surface area is 172 Å². The van der Waals surface area contributed by atoms with Crippen molar-refractivity contribution in [1.29, 1.82) is 0 Å². The van der Waals surface area contributed by atoms with E-state index in [1.165, 1.54) is 5.56 Å². The van der Waals surface area contributed by atoms with Crippen molar-refractivity contribution >= 4 is 11.9 Å².